The minimum absolute atomic E-state index is 0.128. The Balaban J connectivity index is 2.20. The molecule has 0 fully saturated rings. The molecule has 0 bridgehead atoms. The summed E-state index contributed by atoms with van der Waals surface area (Å²) < 4.78 is 16.2. The van der Waals surface area contributed by atoms with Gasteiger partial charge in [0.2, 0.25) is 0 Å². The zero-order valence-corrected chi connectivity index (χ0v) is 12.4. The molecule has 0 radical (unpaired) electrons. The van der Waals surface area contributed by atoms with Gasteiger partial charge in [0, 0.05) is 21.9 Å². The Morgan fingerprint density at radius 2 is 2.16 bits per heavy atom. The molecule has 0 spiro atoms. The van der Waals surface area contributed by atoms with E-state index in [4.69, 9.17) is 5.73 Å². The van der Waals surface area contributed by atoms with E-state index in [2.05, 4.69) is 33.5 Å². The van der Waals surface area contributed by atoms with Crippen LogP contribution in [0.5, 0.6) is 0 Å². The SMILES string of the molecule is Cc1cc2c(n1-c1ccc(F)cc1Br)CCCC2N. The number of hydrogen-bond acceptors (Lipinski definition) is 1. The van der Waals surface area contributed by atoms with Crippen molar-refractivity contribution >= 4 is 15.9 Å². The summed E-state index contributed by atoms with van der Waals surface area (Å²) >= 11 is 3.45. The van der Waals surface area contributed by atoms with Gasteiger partial charge in [0.25, 0.3) is 0 Å². The van der Waals surface area contributed by atoms with E-state index in [0.717, 1.165) is 35.1 Å². The van der Waals surface area contributed by atoms with Crippen molar-refractivity contribution < 1.29 is 4.39 Å². The number of nitrogens with zero attached hydrogens (tertiary/aromatic N) is 1. The molecule has 4 heteroatoms. The van der Waals surface area contributed by atoms with Gasteiger partial charge in [-0.15, -0.1) is 0 Å². The molecule has 2 N–H and O–H groups in total. The predicted octanol–water partition coefficient (Wildman–Crippen LogP) is 4.02. The zero-order chi connectivity index (χ0) is 13.6. The lowest BCUT2D eigenvalue weighted by Gasteiger charge is -2.21. The second kappa shape index (κ2) is 4.76. The highest BCUT2D eigenvalue weighted by Gasteiger charge is 2.23. The van der Waals surface area contributed by atoms with Crippen molar-refractivity contribution in [3.63, 3.8) is 0 Å². The molecule has 3 rings (SSSR count). The largest absolute Gasteiger partial charge is 0.324 e. The summed E-state index contributed by atoms with van der Waals surface area (Å²) in [5, 5.41) is 0. The van der Waals surface area contributed by atoms with Crippen molar-refractivity contribution in [3.05, 3.63) is 51.5 Å². The topological polar surface area (TPSA) is 30.9 Å². The molecule has 1 aliphatic rings. The van der Waals surface area contributed by atoms with E-state index >= 15 is 0 Å². The molecule has 1 atom stereocenters. The first-order valence-corrected chi connectivity index (χ1v) is 7.29. The second-order valence-corrected chi connectivity index (χ2v) is 5.97. The summed E-state index contributed by atoms with van der Waals surface area (Å²) in [7, 11) is 0. The lowest BCUT2D eigenvalue weighted by molar-refractivity contribution is 0.559. The van der Waals surface area contributed by atoms with Crippen LogP contribution >= 0.6 is 15.9 Å². The van der Waals surface area contributed by atoms with E-state index in [0.29, 0.717) is 0 Å². The molecule has 100 valence electrons. The number of halogens is 2. The Labute approximate surface area is 120 Å². The monoisotopic (exact) mass is 322 g/mol. The van der Waals surface area contributed by atoms with Crippen molar-refractivity contribution in [1.29, 1.82) is 0 Å². The molecule has 1 unspecified atom stereocenters. The van der Waals surface area contributed by atoms with E-state index in [1.165, 1.54) is 23.4 Å². The molecule has 0 saturated carbocycles. The molecule has 1 aliphatic carbocycles. The molecular formula is C15H16BrFN2. The lowest BCUT2D eigenvalue weighted by atomic mass is 9.93. The summed E-state index contributed by atoms with van der Waals surface area (Å²) in [4.78, 5) is 0. The summed E-state index contributed by atoms with van der Waals surface area (Å²) in [6.07, 6.45) is 3.18. The summed E-state index contributed by atoms with van der Waals surface area (Å²) in [5.41, 5.74) is 10.8. The predicted molar refractivity (Wildman–Crippen MR) is 78.0 cm³/mol. The maximum Gasteiger partial charge on any atom is 0.124 e. The Kier molecular flexibility index (Phi) is 3.23. The second-order valence-electron chi connectivity index (χ2n) is 5.12. The Morgan fingerprint density at radius 3 is 2.89 bits per heavy atom. The zero-order valence-electron chi connectivity index (χ0n) is 10.8. The first kappa shape index (κ1) is 12.9. The van der Waals surface area contributed by atoms with Gasteiger partial charge in [-0.25, -0.2) is 4.39 Å². The van der Waals surface area contributed by atoms with Gasteiger partial charge >= 0.3 is 0 Å². The number of nitrogens with two attached hydrogens (primary N) is 1. The van der Waals surface area contributed by atoms with E-state index in [1.807, 2.05) is 6.07 Å². The molecular weight excluding hydrogens is 307 g/mol. The van der Waals surface area contributed by atoms with Gasteiger partial charge in [0.1, 0.15) is 5.82 Å². The molecule has 1 aromatic heterocycles. The number of fused-ring (bicyclic) bond motifs is 1. The average molecular weight is 323 g/mol. The lowest BCUT2D eigenvalue weighted by Crippen LogP contribution is -2.18. The highest BCUT2D eigenvalue weighted by atomic mass is 79.9. The van der Waals surface area contributed by atoms with Crippen LogP contribution in [-0.4, -0.2) is 4.57 Å². The van der Waals surface area contributed by atoms with Crippen molar-refractivity contribution in [2.75, 3.05) is 0 Å². The molecule has 1 heterocycles. The Morgan fingerprint density at radius 1 is 1.37 bits per heavy atom. The van der Waals surface area contributed by atoms with Crippen LogP contribution in [0, 0.1) is 12.7 Å². The average Bonchev–Trinajstić information content (AvgIpc) is 2.68. The third-order valence-corrected chi connectivity index (χ3v) is 4.43. The van der Waals surface area contributed by atoms with Gasteiger partial charge in [-0.05, 0) is 71.9 Å². The summed E-state index contributed by atoms with van der Waals surface area (Å²) in [6.45, 7) is 2.07. The van der Waals surface area contributed by atoms with Gasteiger partial charge in [0.05, 0.1) is 5.69 Å². The van der Waals surface area contributed by atoms with Gasteiger partial charge in [-0.3, -0.25) is 0 Å². The first-order valence-electron chi connectivity index (χ1n) is 6.50. The minimum atomic E-state index is -0.231. The normalized spacial score (nSPS) is 18.4. The fourth-order valence-corrected chi connectivity index (χ4v) is 3.46. The quantitative estimate of drug-likeness (QED) is 0.844. The number of rotatable bonds is 1. The molecule has 0 aliphatic heterocycles. The van der Waals surface area contributed by atoms with Crippen LogP contribution in [0.25, 0.3) is 5.69 Å². The van der Waals surface area contributed by atoms with E-state index in [1.54, 1.807) is 0 Å². The van der Waals surface area contributed by atoms with Crippen LogP contribution in [-0.2, 0) is 6.42 Å². The Hall–Kier alpha value is -1.13. The standard InChI is InChI=1S/C15H16BrFN2/c1-9-7-11-13(18)3-2-4-14(11)19(9)15-6-5-10(17)8-12(15)16/h5-8,13H,2-4,18H2,1H3. The van der Waals surface area contributed by atoms with Gasteiger partial charge in [0.15, 0.2) is 0 Å². The number of benzene rings is 1. The van der Waals surface area contributed by atoms with E-state index in [-0.39, 0.29) is 11.9 Å². The molecule has 19 heavy (non-hydrogen) atoms. The van der Waals surface area contributed by atoms with Crippen molar-refractivity contribution in [3.8, 4) is 5.69 Å². The fraction of sp³-hybridized carbons (Fsp3) is 0.333. The van der Waals surface area contributed by atoms with Crippen LogP contribution in [0.3, 0.4) is 0 Å². The number of aryl methyl sites for hydroxylation is 1. The van der Waals surface area contributed by atoms with E-state index in [9.17, 15) is 4.39 Å². The Bertz CT molecular complexity index is 633. The maximum absolute atomic E-state index is 13.2. The molecule has 0 saturated heterocycles. The molecule has 2 aromatic rings. The van der Waals surface area contributed by atoms with Crippen LogP contribution in [0.15, 0.2) is 28.7 Å². The minimum Gasteiger partial charge on any atom is -0.324 e. The van der Waals surface area contributed by atoms with Crippen LogP contribution < -0.4 is 5.73 Å². The molecule has 2 nitrogen and oxygen atoms in total. The van der Waals surface area contributed by atoms with Crippen molar-refractivity contribution in [1.82, 2.24) is 4.57 Å². The highest BCUT2D eigenvalue weighted by Crippen LogP contribution is 2.34. The van der Waals surface area contributed by atoms with Crippen molar-refractivity contribution in [2.24, 2.45) is 5.73 Å². The molecule has 1 aromatic carbocycles. The number of hydrogen-bond donors (Lipinski definition) is 1. The number of aromatic nitrogens is 1. The van der Waals surface area contributed by atoms with E-state index < -0.39 is 0 Å². The molecule has 0 amide bonds. The third-order valence-electron chi connectivity index (χ3n) is 3.80. The van der Waals surface area contributed by atoms with Crippen molar-refractivity contribution in [2.45, 2.75) is 32.2 Å². The smallest absolute Gasteiger partial charge is 0.124 e. The van der Waals surface area contributed by atoms with Crippen LogP contribution in [0.2, 0.25) is 0 Å². The fourth-order valence-electron chi connectivity index (χ4n) is 2.93. The van der Waals surface area contributed by atoms with Crippen LogP contribution in [0.4, 0.5) is 4.39 Å². The van der Waals surface area contributed by atoms with Gasteiger partial charge < -0.3 is 10.3 Å². The third kappa shape index (κ3) is 2.13. The van der Waals surface area contributed by atoms with Gasteiger partial charge in [-0.1, -0.05) is 0 Å². The maximum atomic E-state index is 13.2. The summed E-state index contributed by atoms with van der Waals surface area (Å²) in [5.74, 6) is -0.231. The van der Waals surface area contributed by atoms with Crippen LogP contribution in [0.1, 0.15) is 35.8 Å². The van der Waals surface area contributed by atoms with Gasteiger partial charge in [-0.2, -0.15) is 0 Å². The first-order chi connectivity index (χ1) is 9.08. The summed E-state index contributed by atoms with van der Waals surface area (Å²) in [6, 6.07) is 7.10. The highest BCUT2D eigenvalue weighted by molar-refractivity contribution is 9.10.